The molecule has 0 fully saturated rings. The molecule has 48 heavy (non-hydrogen) atoms. The normalized spacial score (nSPS) is 11.8. The average Bonchev–Trinajstić information content (AvgIpc) is 3.67. The second-order valence-electron chi connectivity index (χ2n) is 12.0. The van der Waals surface area contributed by atoms with Gasteiger partial charge in [-0.2, -0.15) is 0 Å². The predicted molar refractivity (Wildman–Crippen MR) is 202 cm³/mol. The molecule has 226 valence electrons. The lowest BCUT2D eigenvalue weighted by molar-refractivity contribution is 1.18. The van der Waals surface area contributed by atoms with Gasteiger partial charge >= 0.3 is 0 Å². The Bertz CT molecular complexity index is 2660. The highest BCUT2D eigenvalue weighted by Gasteiger charge is 2.23. The Morgan fingerprint density at radius 3 is 1.83 bits per heavy atom. The van der Waals surface area contributed by atoms with E-state index in [9.17, 15) is 0 Å². The summed E-state index contributed by atoms with van der Waals surface area (Å²) in [7, 11) is 0. The first kappa shape index (κ1) is 27.8. The second kappa shape index (κ2) is 11.4. The fourth-order valence-electron chi connectivity index (χ4n) is 7.11. The first-order valence-corrected chi connectivity index (χ1v) is 16.1. The van der Waals surface area contributed by atoms with Gasteiger partial charge in [-0.3, -0.25) is 9.98 Å². The minimum Gasteiger partial charge on any atom is -0.309 e. The maximum atomic E-state index is 8.75. The van der Waals surface area contributed by atoms with E-state index < -0.39 is 0 Å². The van der Waals surface area contributed by atoms with E-state index in [0.29, 0.717) is 0 Å². The van der Waals surface area contributed by atoms with E-state index in [1.165, 1.54) is 27.3 Å². The van der Waals surface area contributed by atoms with Gasteiger partial charge in [-0.15, -0.1) is 0 Å². The van der Waals surface area contributed by atoms with Crippen LogP contribution in [0, 0.1) is 5.41 Å². The second-order valence-corrected chi connectivity index (χ2v) is 12.0. The monoisotopic (exact) mass is 614 g/mol. The molecule has 2 aromatic heterocycles. The molecule has 0 radical (unpaired) electrons. The van der Waals surface area contributed by atoms with E-state index in [2.05, 4.69) is 149 Å². The first-order chi connectivity index (χ1) is 23.8. The summed E-state index contributed by atoms with van der Waals surface area (Å²) in [4.78, 5) is 4.70. The summed E-state index contributed by atoms with van der Waals surface area (Å²) in [6.07, 6.45) is 1.81. The molecule has 0 amide bonds. The number of aliphatic imine (C=N–C) groups is 1. The van der Waals surface area contributed by atoms with Crippen molar-refractivity contribution in [3.8, 4) is 27.9 Å². The summed E-state index contributed by atoms with van der Waals surface area (Å²) in [6.45, 7) is 0. The van der Waals surface area contributed by atoms with Gasteiger partial charge in [0, 0.05) is 38.4 Å². The van der Waals surface area contributed by atoms with Crippen LogP contribution in [-0.4, -0.2) is 21.3 Å². The Morgan fingerprint density at radius 2 is 1.08 bits per heavy atom. The highest BCUT2D eigenvalue weighted by Crippen LogP contribution is 2.45. The summed E-state index contributed by atoms with van der Waals surface area (Å²) >= 11 is 0. The largest absolute Gasteiger partial charge is 0.309 e. The SMILES string of the molecule is N=C(N=Cn1c2ccccc2c2c3c4ccccc4n(-c4ccccc4)c3c(-c3cccc(-c4ccccc4)c3)cc21)c1ccccc1. The molecule has 0 saturated heterocycles. The molecule has 0 saturated carbocycles. The highest BCUT2D eigenvalue weighted by atomic mass is 15.0. The van der Waals surface area contributed by atoms with Gasteiger partial charge in [0.2, 0.25) is 0 Å². The molecule has 0 aliphatic heterocycles. The van der Waals surface area contributed by atoms with Crippen molar-refractivity contribution in [2.45, 2.75) is 0 Å². The van der Waals surface area contributed by atoms with Crippen LogP contribution in [0.5, 0.6) is 0 Å². The zero-order chi connectivity index (χ0) is 32.0. The lowest BCUT2D eigenvalue weighted by Gasteiger charge is -2.14. The van der Waals surface area contributed by atoms with Crippen molar-refractivity contribution < 1.29 is 0 Å². The van der Waals surface area contributed by atoms with Gasteiger partial charge in [0.25, 0.3) is 0 Å². The van der Waals surface area contributed by atoms with E-state index >= 15 is 0 Å². The number of nitrogens with zero attached hydrogens (tertiary/aromatic N) is 3. The summed E-state index contributed by atoms with van der Waals surface area (Å²) in [5, 5.41) is 13.5. The molecule has 7 aromatic carbocycles. The van der Waals surface area contributed by atoms with Gasteiger partial charge in [0.05, 0.1) is 22.1 Å². The van der Waals surface area contributed by atoms with Crippen LogP contribution >= 0.6 is 0 Å². The Morgan fingerprint density at radius 1 is 0.500 bits per heavy atom. The summed E-state index contributed by atoms with van der Waals surface area (Å²) in [6, 6.07) is 59.3. The van der Waals surface area contributed by atoms with Crippen LogP contribution in [0.4, 0.5) is 0 Å². The number of nitrogens with one attached hydrogen (secondary N) is 1. The first-order valence-electron chi connectivity index (χ1n) is 16.1. The van der Waals surface area contributed by atoms with E-state index in [-0.39, 0.29) is 5.84 Å². The molecule has 0 aliphatic carbocycles. The molecule has 4 nitrogen and oxygen atoms in total. The maximum Gasteiger partial charge on any atom is 0.153 e. The Labute approximate surface area is 278 Å². The Kier molecular flexibility index (Phi) is 6.58. The van der Waals surface area contributed by atoms with Gasteiger partial charge in [0.1, 0.15) is 6.34 Å². The molecule has 0 atom stereocenters. The quantitative estimate of drug-likeness (QED) is 0.148. The minimum absolute atomic E-state index is 0.221. The molecule has 0 bridgehead atoms. The molecule has 9 rings (SSSR count). The van der Waals surface area contributed by atoms with E-state index in [4.69, 9.17) is 10.4 Å². The van der Waals surface area contributed by atoms with Crippen LogP contribution < -0.4 is 0 Å². The Balaban J connectivity index is 1.43. The molecule has 0 unspecified atom stereocenters. The van der Waals surface area contributed by atoms with Crippen molar-refractivity contribution in [3.63, 3.8) is 0 Å². The van der Waals surface area contributed by atoms with Gasteiger partial charge in [-0.25, -0.2) is 4.99 Å². The Hall–Kier alpha value is -6.52. The lowest BCUT2D eigenvalue weighted by Crippen LogP contribution is -2.01. The van der Waals surface area contributed by atoms with Crippen LogP contribution in [0.25, 0.3) is 71.6 Å². The minimum atomic E-state index is 0.221. The maximum absolute atomic E-state index is 8.75. The summed E-state index contributed by atoms with van der Waals surface area (Å²) in [5.41, 5.74) is 10.9. The van der Waals surface area contributed by atoms with Gasteiger partial charge < -0.3 is 4.57 Å². The van der Waals surface area contributed by atoms with E-state index in [1.54, 1.807) is 0 Å². The van der Waals surface area contributed by atoms with Crippen LogP contribution in [0.15, 0.2) is 175 Å². The molecule has 9 aromatic rings. The van der Waals surface area contributed by atoms with Crippen molar-refractivity contribution >= 4 is 55.8 Å². The van der Waals surface area contributed by atoms with E-state index in [0.717, 1.165) is 49.8 Å². The van der Waals surface area contributed by atoms with Gasteiger partial charge in [0.15, 0.2) is 5.84 Å². The summed E-state index contributed by atoms with van der Waals surface area (Å²) in [5.74, 6) is 0.221. The van der Waals surface area contributed by atoms with Crippen LogP contribution in [0.3, 0.4) is 0 Å². The molecular weight excluding hydrogens is 585 g/mol. The molecular formula is C44H30N4. The molecule has 0 spiro atoms. The third-order valence-corrected chi connectivity index (χ3v) is 9.25. The fourth-order valence-corrected chi connectivity index (χ4v) is 7.11. The van der Waals surface area contributed by atoms with Crippen molar-refractivity contribution in [1.29, 1.82) is 5.41 Å². The van der Waals surface area contributed by atoms with Crippen molar-refractivity contribution in [3.05, 3.63) is 175 Å². The standard InChI is InChI=1S/C44H30N4/c45-44(31-17-6-2-7-18-31)46-29-47-38-25-12-10-23-35(38)41-40(47)28-37(33-20-14-19-32(27-33)30-15-4-1-5-16-30)43-42(41)36-24-11-13-26-39(36)48(43)34-21-8-3-9-22-34/h1-29,45H. The smallest absolute Gasteiger partial charge is 0.153 e. The van der Waals surface area contributed by atoms with Crippen molar-refractivity contribution in [1.82, 2.24) is 9.13 Å². The molecule has 4 heteroatoms. The number of hydrogen-bond donors (Lipinski definition) is 1. The number of hydrogen-bond acceptors (Lipinski definition) is 1. The molecule has 0 aliphatic rings. The topological polar surface area (TPSA) is 46.1 Å². The van der Waals surface area contributed by atoms with Crippen LogP contribution in [0.1, 0.15) is 5.56 Å². The number of aromatic nitrogens is 2. The number of para-hydroxylation sites is 3. The lowest BCUT2D eigenvalue weighted by atomic mass is 9.95. The van der Waals surface area contributed by atoms with Crippen LogP contribution in [-0.2, 0) is 0 Å². The van der Waals surface area contributed by atoms with Crippen molar-refractivity contribution in [2.24, 2.45) is 4.99 Å². The third-order valence-electron chi connectivity index (χ3n) is 9.25. The number of rotatable bonds is 5. The molecule has 1 N–H and O–H groups in total. The predicted octanol–water partition coefficient (Wildman–Crippen LogP) is 11.1. The van der Waals surface area contributed by atoms with Gasteiger partial charge in [-0.1, -0.05) is 133 Å². The summed E-state index contributed by atoms with van der Waals surface area (Å²) < 4.78 is 4.57. The number of amidine groups is 1. The van der Waals surface area contributed by atoms with Crippen molar-refractivity contribution in [2.75, 3.05) is 0 Å². The van der Waals surface area contributed by atoms with Gasteiger partial charge in [-0.05, 0) is 53.1 Å². The molecule has 2 heterocycles. The number of fused-ring (bicyclic) bond motifs is 7. The van der Waals surface area contributed by atoms with Crippen LogP contribution in [0.2, 0.25) is 0 Å². The highest BCUT2D eigenvalue weighted by molar-refractivity contribution is 6.32. The average molecular weight is 615 g/mol. The zero-order valence-corrected chi connectivity index (χ0v) is 26.1. The third kappa shape index (κ3) is 4.46. The zero-order valence-electron chi connectivity index (χ0n) is 26.1. The van der Waals surface area contributed by atoms with E-state index in [1.807, 2.05) is 36.7 Å². The number of benzene rings is 7. The fraction of sp³-hybridized carbons (Fsp3) is 0.